The Kier molecular flexibility index (Phi) is 8.44. The van der Waals surface area contributed by atoms with Gasteiger partial charge >= 0.3 is 0 Å². The summed E-state index contributed by atoms with van der Waals surface area (Å²) >= 11 is 0. The fourth-order valence-electron chi connectivity index (χ4n) is 12.5. The maximum atomic E-state index is 6.63. The highest BCUT2D eigenvalue weighted by atomic mass is 16.3. The molecule has 2 aromatic heterocycles. The quantitative estimate of drug-likeness (QED) is 0.166. The van der Waals surface area contributed by atoms with E-state index in [1.165, 1.54) is 66.1 Å². The van der Waals surface area contributed by atoms with Crippen LogP contribution < -0.4 is 9.80 Å². The molecule has 2 aliphatic carbocycles. The van der Waals surface area contributed by atoms with E-state index >= 15 is 0 Å². The second-order valence-corrected chi connectivity index (χ2v) is 20.9. The van der Waals surface area contributed by atoms with Crippen LogP contribution in [-0.4, -0.2) is 0 Å². The van der Waals surface area contributed by atoms with Gasteiger partial charge in [-0.25, -0.2) is 0 Å². The largest absolute Gasteiger partial charge is 0.454 e. The van der Waals surface area contributed by atoms with E-state index in [-0.39, 0.29) is 10.8 Å². The van der Waals surface area contributed by atoms with E-state index < -0.39 is 0 Å². The zero-order valence-corrected chi connectivity index (χ0v) is 40.5. The Labute approximate surface area is 417 Å². The molecule has 0 atom stereocenters. The second kappa shape index (κ2) is 14.8. The molecule has 0 N–H and O–H groups in total. The third-order valence-electron chi connectivity index (χ3n) is 16.1. The number of benzene rings is 11. The van der Waals surface area contributed by atoms with Gasteiger partial charge in [-0.15, -0.1) is 0 Å². The van der Waals surface area contributed by atoms with E-state index in [4.69, 9.17) is 8.83 Å². The van der Waals surface area contributed by atoms with Gasteiger partial charge in [0.25, 0.3) is 0 Å². The summed E-state index contributed by atoms with van der Waals surface area (Å²) in [4.78, 5) is 4.68. The minimum atomic E-state index is -0.217. The van der Waals surface area contributed by atoms with Gasteiger partial charge in [-0.1, -0.05) is 137 Å². The smallest absolute Gasteiger partial charge is 0.159 e. The summed E-state index contributed by atoms with van der Waals surface area (Å²) in [6, 6.07) is 79.6. The number of para-hydroxylation sites is 6. The van der Waals surface area contributed by atoms with E-state index in [1.807, 2.05) is 12.1 Å². The molecular formula is C68H48N2O2. The molecule has 0 spiro atoms. The van der Waals surface area contributed by atoms with Gasteiger partial charge in [0.15, 0.2) is 11.2 Å². The van der Waals surface area contributed by atoms with Crippen molar-refractivity contribution in [2.45, 2.75) is 38.5 Å². The van der Waals surface area contributed by atoms with Crippen LogP contribution in [0, 0.1) is 0 Å². The number of hydrogen-bond donors (Lipinski definition) is 0. The number of anilines is 6. The van der Waals surface area contributed by atoms with Crippen LogP contribution in [0.4, 0.5) is 34.1 Å². The van der Waals surface area contributed by atoms with Crippen molar-refractivity contribution in [1.29, 1.82) is 0 Å². The van der Waals surface area contributed by atoms with Crippen molar-refractivity contribution in [3.8, 4) is 22.3 Å². The van der Waals surface area contributed by atoms with Crippen molar-refractivity contribution in [2.75, 3.05) is 9.80 Å². The van der Waals surface area contributed by atoms with Crippen LogP contribution in [0.15, 0.2) is 227 Å². The molecule has 0 amide bonds. The van der Waals surface area contributed by atoms with Gasteiger partial charge in [0, 0.05) is 55.1 Å². The van der Waals surface area contributed by atoms with Crippen LogP contribution in [0.5, 0.6) is 0 Å². The van der Waals surface area contributed by atoms with Crippen molar-refractivity contribution in [3.63, 3.8) is 0 Å². The van der Waals surface area contributed by atoms with Crippen LogP contribution in [0.2, 0.25) is 0 Å². The predicted molar refractivity (Wildman–Crippen MR) is 301 cm³/mol. The predicted octanol–water partition coefficient (Wildman–Crippen LogP) is 19.3. The summed E-state index contributed by atoms with van der Waals surface area (Å²) in [6.07, 6.45) is 0. The number of nitrogens with zero attached hydrogens (tertiary/aromatic N) is 2. The van der Waals surface area contributed by atoms with E-state index in [1.54, 1.807) is 0 Å². The first-order chi connectivity index (χ1) is 35.2. The molecular weight excluding hydrogens is 877 g/mol. The monoisotopic (exact) mass is 924 g/mol. The lowest BCUT2D eigenvalue weighted by atomic mass is 9.79. The zero-order valence-electron chi connectivity index (χ0n) is 40.5. The van der Waals surface area contributed by atoms with Crippen molar-refractivity contribution in [3.05, 3.63) is 241 Å². The molecule has 0 bridgehead atoms. The van der Waals surface area contributed by atoms with Gasteiger partial charge in [0.2, 0.25) is 0 Å². The highest BCUT2D eigenvalue weighted by Gasteiger charge is 2.42. The maximum Gasteiger partial charge on any atom is 0.159 e. The van der Waals surface area contributed by atoms with Crippen LogP contribution in [-0.2, 0) is 10.8 Å². The molecule has 72 heavy (non-hydrogen) atoms. The standard InChI is InChI=1S/C68H48N2O2/c1-67(2)57-37-43-33-47(69(45-17-7-5-8-18-45)61-25-15-23-51-49-21-11-13-27-63(49)71-65(51)61)31-29-41(43)35-53(57)55-40-60-56(39-59(55)67)54-36-42-30-32-48(34-44(42)38-58(54)68(60,3)4)70(46-19-9-6-10-20-46)62-26-16-24-52-50-22-12-14-28-64(50)72-66(52)62/h5-40H,1-4H3. The second-order valence-electron chi connectivity index (χ2n) is 20.9. The Morgan fingerprint density at radius 1 is 0.292 bits per heavy atom. The van der Waals surface area contributed by atoms with Crippen molar-refractivity contribution >= 4 is 99.5 Å². The average molecular weight is 925 g/mol. The fraction of sp³-hybridized carbons (Fsp3) is 0.0882. The summed E-state index contributed by atoms with van der Waals surface area (Å²) in [5.74, 6) is 0. The van der Waals surface area contributed by atoms with Crippen molar-refractivity contribution < 1.29 is 8.83 Å². The van der Waals surface area contributed by atoms with Gasteiger partial charge in [-0.2, -0.15) is 0 Å². The lowest BCUT2D eigenvalue weighted by Gasteiger charge is -2.26. The minimum absolute atomic E-state index is 0.217. The lowest BCUT2D eigenvalue weighted by molar-refractivity contribution is 0.653. The molecule has 2 aliphatic rings. The Hall–Kier alpha value is -8.86. The molecule has 0 aliphatic heterocycles. The van der Waals surface area contributed by atoms with Crippen molar-refractivity contribution in [2.24, 2.45) is 0 Å². The molecule has 15 rings (SSSR count). The number of fused-ring (bicyclic) bond motifs is 14. The lowest BCUT2D eigenvalue weighted by Crippen LogP contribution is -2.17. The summed E-state index contributed by atoms with van der Waals surface area (Å²) < 4.78 is 13.3. The van der Waals surface area contributed by atoms with Gasteiger partial charge in [-0.05, 0) is 175 Å². The number of hydrogen-bond acceptors (Lipinski definition) is 4. The zero-order chi connectivity index (χ0) is 48.0. The average Bonchev–Trinajstić information content (AvgIpc) is 4.11. The maximum absolute atomic E-state index is 6.63. The molecule has 342 valence electrons. The molecule has 13 aromatic rings. The molecule has 4 heteroatoms. The topological polar surface area (TPSA) is 32.8 Å². The van der Waals surface area contributed by atoms with E-state index in [9.17, 15) is 0 Å². The van der Waals surface area contributed by atoms with Gasteiger partial charge in [-0.3, -0.25) is 0 Å². The van der Waals surface area contributed by atoms with E-state index in [0.29, 0.717) is 0 Å². The molecule has 0 radical (unpaired) electrons. The van der Waals surface area contributed by atoms with Crippen LogP contribution >= 0.6 is 0 Å². The molecule has 0 fully saturated rings. The third-order valence-corrected chi connectivity index (χ3v) is 16.1. The van der Waals surface area contributed by atoms with E-state index in [0.717, 1.165) is 78.0 Å². The Morgan fingerprint density at radius 2 is 0.667 bits per heavy atom. The number of rotatable bonds is 6. The first kappa shape index (κ1) is 41.0. The molecule has 0 saturated heterocycles. The molecule has 0 saturated carbocycles. The normalized spacial score (nSPS) is 14.1. The summed E-state index contributed by atoms with van der Waals surface area (Å²) in [5.41, 5.74) is 20.3. The van der Waals surface area contributed by atoms with Crippen LogP contribution in [0.1, 0.15) is 49.9 Å². The first-order valence-electron chi connectivity index (χ1n) is 25.1. The Morgan fingerprint density at radius 3 is 1.11 bits per heavy atom. The summed E-state index contributed by atoms with van der Waals surface area (Å²) in [7, 11) is 0. The van der Waals surface area contributed by atoms with Gasteiger partial charge in [0.05, 0.1) is 11.4 Å². The van der Waals surface area contributed by atoms with Crippen molar-refractivity contribution in [1.82, 2.24) is 0 Å². The fourth-order valence-corrected chi connectivity index (χ4v) is 12.5. The Bertz CT molecular complexity index is 4120. The third kappa shape index (κ3) is 5.81. The van der Waals surface area contributed by atoms with Crippen LogP contribution in [0.25, 0.3) is 87.7 Å². The number of furan rings is 2. The molecule has 4 nitrogen and oxygen atoms in total. The highest BCUT2D eigenvalue weighted by Crippen LogP contribution is 2.58. The Balaban J connectivity index is 0.828. The highest BCUT2D eigenvalue weighted by molar-refractivity contribution is 6.12. The SMILES string of the molecule is CC1(C)c2cc3c(cc2-c2cc4ccc(N(c5ccccc5)c5cccc6c5oc5ccccc56)cc4cc21)C(C)(C)c1cc2cc(N(c4ccccc4)c4cccc5c4oc4ccccc45)ccc2cc1-3. The summed E-state index contributed by atoms with van der Waals surface area (Å²) in [6.45, 7) is 9.63. The molecule has 0 unspecified atom stereocenters. The van der Waals surface area contributed by atoms with E-state index in [2.05, 4.69) is 244 Å². The first-order valence-corrected chi connectivity index (χ1v) is 25.1. The van der Waals surface area contributed by atoms with Crippen LogP contribution in [0.3, 0.4) is 0 Å². The van der Waals surface area contributed by atoms with Gasteiger partial charge < -0.3 is 18.6 Å². The molecule has 2 heterocycles. The van der Waals surface area contributed by atoms with Gasteiger partial charge in [0.1, 0.15) is 11.2 Å². The minimum Gasteiger partial charge on any atom is -0.454 e. The molecule has 11 aromatic carbocycles. The summed E-state index contributed by atoms with van der Waals surface area (Å²) in [5, 5.41) is 9.36.